The fourth-order valence-electron chi connectivity index (χ4n) is 1.36. The normalized spacial score (nSPS) is 12.7. The number of H-pyrrole nitrogens is 1. The zero-order valence-electron chi connectivity index (χ0n) is 9.33. The molecule has 2 rings (SSSR count). The molecule has 0 bridgehead atoms. The summed E-state index contributed by atoms with van der Waals surface area (Å²) in [5.74, 6) is -1.19. The number of nitrogens with one attached hydrogen (secondary N) is 1. The smallest absolute Gasteiger partial charge is 0.336 e. The van der Waals surface area contributed by atoms with Crippen molar-refractivity contribution in [2.24, 2.45) is 0 Å². The van der Waals surface area contributed by atoms with Gasteiger partial charge in [0.2, 0.25) is 0 Å². The number of hydrogen-bond acceptors (Lipinski definition) is 6. The number of fused-ring (bicyclic) bond motifs is 1. The largest absolute Gasteiger partial charge is 0.479 e. The monoisotopic (exact) mass is 269 g/mol. The summed E-state index contributed by atoms with van der Waals surface area (Å²) < 4.78 is 5.06. The average molecular weight is 269 g/mol. The highest BCUT2D eigenvalue weighted by Gasteiger charge is 2.12. The van der Waals surface area contributed by atoms with E-state index in [1.54, 1.807) is 0 Å². The predicted octanol–water partition coefficient (Wildman–Crippen LogP) is -0.220. The van der Waals surface area contributed by atoms with Crippen LogP contribution in [0.1, 0.15) is 5.82 Å². The van der Waals surface area contributed by atoms with E-state index in [-0.39, 0.29) is 6.61 Å². The molecule has 0 spiro atoms. The van der Waals surface area contributed by atoms with E-state index in [9.17, 15) is 4.79 Å². The predicted molar refractivity (Wildman–Crippen MR) is 66.9 cm³/mol. The SMILES string of the molecule is Nc1nc(CCOC(P)C(=O)O)nc2nc[nH]c12. The molecule has 18 heavy (non-hydrogen) atoms. The maximum atomic E-state index is 10.5. The lowest BCUT2D eigenvalue weighted by atomic mass is 10.4. The molecule has 96 valence electrons. The van der Waals surface area contributed by atoms with Crippen LogP contribution in [0.3, 0.4) is 0 Å². The second kappa shape index (κ2) is 5.24. The standard InChI is InChI=1S/C9H12N5O3P/c10-6-5-7(12-3-11-5)14-4(13-6)1-2-17-9(18)8(15)16/h3,9H,1-2,18H2,(H,15,16)(H3,10,11,12,13,14). The van der Waals surface area contributed by atoms with Crippen LogP contribution in [0.5, 0.6) is 0 Å². The summed E-state index contributed by atoms with van der Waals surface area (Å²) in [7, 11) is 2.09. The van der Waals surface area contributed by atoms with Crippen LogP contribution in [0.15, 0.2) is 6.33 Å². The summed E-state index contributed by atoms with van der Waals surface area (Å²) in [6.45, 7) is 0.190. The zero-order chi connectivity index (χ0) is 13.1. The van der Waals surface area contributed by atoms with Crippen molar-refractivity contribution in [1.29, 1.82) is 0 Å². The van der Waals surface area contributed by atoms with Gasteiger partial charge in [-0.15, -0.1) is 0 Å². The van der Waals surface area contributed by atoms with Gasteiger partial charge in [-0.05, 0) is 0 Å². The van der Waals surface area contributed by atoms with E-state index in [1.807, 2.05) is 0 Å². The third-order valence-electron chi connectivity index (χ3n) is 2.23. The molecule has 2 aromatic heterocycles. The van der Waals surface area contributed by atoms with E-state index >= 15 is 0 Å². The summed E-state index contributed by atoms with van der Waals surface area (Å²) in [5, 5.41) is 8.63. The Morgan fingerprint density at radius 2 is 2.39 bits per heavy atom. The summed E-state index contributed by atoms with van der Waals surface area (Å²) >= 11 is 0. The van der Waals surface area contributed by atoms with E-state index in [0.29, 0.717) is 29.2 Å². The molecule has 0 fully saturated rings. The Kier molecular flexibility index (Phi) is 3.69. The quantitative estimate of drug-likeness (QED) is 0.640. The molecule has 0 amide bonds. The van der Waals surface area contributed by atoms with Gasteiger partial charge in [-0.1, -0.05) is 9.24 Å². The summed E-state index contributed by atoms with van der Waals surface area (Å²) in [6, 6.07) is 0. The lowest BCUT2D eigenvalue weighted by molar-refractivity contribution is -0.144. The highest BCUT2D eigenvalue weighted by atomic mass is 31.0. The summed E-state index contributed by atoms with van der Waals surface area (Å²) in [4.78, 5) is 25.6. The van der Waals surface area contributed by atoms with Gasteiger partial charge < -0.3 is 20.6 Å². The van der Waals surface area contributed by atoms with Crippen molar-refractivity contribution in [2.45, 2.75) is 12.3 Å². The van der Waals surface area contributed by atoms with Gasteiger partial charge in [-0.2, -0.15) is 0 Å². The first kappa shape index (κ1) is 12.7. The van der Waals surface area contributed by atoms with Crippen molar-refractivity contribution in [1.82, 2.24) is 19.9 Å². The summed E-state index contributed by atoms with van der Waals surface area (Å²) in [5.41, 5.74) is 6.80. The van der Waals surface area contributed by atoms with Crippen LogP contribution < -0.4 is 5.73 Å². The van der Waals surface area contributed by atoms with E-state index in [4.69, 9.17) is 15.6 Å². The van der Waals surface area contributed by atoms with Gasteiger partial charge in [0.25, 0.3) is 0 Å². The fourth-order valence-corrected chi connectivity index (χ4v) is 1.50. The number of carbonyl (C=O) groups is 1. The molecule has 0 saturated carbocycles. The highest BCUT2D eigenvalue weighted by molar-refractivity contribution is 7.19. The van der Waals surface area contributed by atoms with Crippen molar-refractivity contribution in [2.75, 3.05) is 12.3 Å². The average Bonchev–Trinajstić information content (AvgIpc) is 2.77. The maximum Gasteiger partial charge on any atom is 0.336 e. The number of aromatic amines is 1. The number of nitrogen functional groups attached to an aromatic ring is 1. The number of ether oxygens (including phenoxy) is 1. The minimum Gasteiger partial charge on any atom is -0.479 e. The Hall–Kier alpha value is -1.79. The minimum atomic E-state index is -1.04. The van der Waals surface area contributed by atoms with Crippen LogP contribution >= 0.6 is 9.24 Å². The molecule has 2 heterocycles. The number of anilines is 1. The van der Waals surface area contributed by atoms with Crippen LogP contribution in [0.4, 0.5) is 5.82 Å². The van der Waals surface area contributed by atoms with Crippen LogP contribution in [0, 0.1) is 0 Å². The Labute approximate surface area is 104 Å². The number of imidazole rings is 1. The molecular weight excluding hydrogens is 257 g/mol. The van der Waals surface area contributed by atoms with Crippen LogP contribution in [0.25, 0.3) is 11.2 Å². The molecule has 0 aliphatic heterocycles. The van der Waals surface area contributed by atoms with Gasteiger partial charge in [0.1, 0.15) is 11.3 Å². The third kappa shape index (κ3) is 2.72. The Balaban J connectivity index is 2.01. The first-order valence-electron chi connectivity index (χ1n) is 5.13. The van der Waals surface area contributed by atoms with Crippen LogP contribution in [-0.2, 0) is 16.0 Å². The van der Waals surface area contributed by atoms with E-state index in [1.165, 1.54) is 6.33 Å². The van der Waals surface area contributed by atoms with E-state index < -0.39 is 11.8 Å². The lowest BCUT2D eigenvalue weighted by Gasteiger charge is -2.07. The number of carboxylic acids is 1. The minimum absolute atomic E-state index is 0.190. The van der Waals surface area contributed by atoms with E-state index in [2.05, 4.69) is 29.2 Å². The second-order valence-corrected chi connectivity index (χ2v) is 4.11. The number of carboxylic acid groups (broad SMARTS) is 1. The number of hydrogen-bond donors (Lipinski definition) is 3. The fraction of sp³-hybridized carbons (Fsp3) is 0.333. The Morgan fingerprint density at radius 1 is 1.61 bits per heavy atom. The molecule has 0 aromatic carbocycles. The third-order valence-corrected chi connectivity index (χ3v) is 2.70. The van der Waals surface area contributed by atoms with Gasteiger partial charge in [-0.25, -0.2) is 19.7 Å². The first-order chi connectivity index (χ1) is 8.58. The summed E-state index contributed by atoms with van der Waals surface area (Å²) in [6.07, 6.45) is 1.85. The molecular formula is C9H12N5O3P. The highest BCUT2D eigenvalue weighted by Crippen LogP contribution is 2.13. The van der Waals surface area contributed by atoms with Crippen molar-refractivity contribution >= 4 is 32.2 Å². The molecule has 0 saturated heterocycles. The second-order valence-electron chi connectivity index (χ2n) is 3.51. The molecule has 4 N–H and O–H groups in total. The Morgan fingerprint density at radius 3 is 3.11 bits per heavy atom. The topological polar surface area (TPSA) is 127 Å². The van der Waals surface area contributed by atoms with Crippen molar-refractivity contribution in [3.8, 4) is 0 Å². The van der Waals surface area contributed by atoms with Crippen molar-refractivity contribution in [3.05, 3.63) is 12.2 Å². The molecule has 2 atom stereocenters. The molecule has 0 radical (unpaired) electrons. The van der Waals surface area contributed by atoms with Crippen molar-refractivity contribution in [3.63, 3.8) is 0 Å². The van der Waals surface area contributed by atoms with E-state index in [0.717, 1.165) is 0 Å². The number of aromatic nitrogens is 4. The Bertz CT molecular complexity index is 572. The molecule has 0 aliphatic rings. The van der Waals surface area contributed by atoms with Crippen LogP contribution in [0.2, 0.25) is 0 Å². The lowest BCUT2D eigenvalue weighted by Crippen LogP contribution is -2.18. The molecule has 2 aromatic rings. The van der Waals surface area contributed by atoms with Gasteiger partial charge in [0.05, 0.1) is 12.9 Å². The van der Waals surface area contributed by atoms with Gasteiger partial charge in [0.15, 0.2) is 17.3 Å². The molecule has 8 nitrogen and oxygen atoms in total. The van der Waals surface area contributed by atoms with Crippen LogP contribution in [-0.4, -0.2) is 43.5 Å². The molecule has 9 heteroatoms. The molecule has 0 aliphatic carbocycles. The number of aliphatic carboxylic acids is 1. The maximum absolute atomic E-state index is 10.5. The van der Waals surface area contributed by atoms with Gasteiger partial charge in [-0.3, -0.25) is 0 Å². The first-order valence-corrected chi connectivity index (χ1v) is 5.80. The van der Waals surface area contributed by atoms with Gasteiger partial charge in [0, 0.05) is 6.42 Å². The van der Waals surface area contributed by atoms with Crippen molar-refractivity contribution < 1.29 is 14.6 Å². The number of rotatable bonds is 5. The zero-order valence-corrected chi connectivity index (χ0v) is 10.5. The number of nitrogens with zero attached hydrogens (tertiary/aromatic N) is 3. The van der Waals surface area contributed by atoms with Gasteiger partial charge >= 0.3 is 5.97 Å². The number of nitrogens with two attached hydrogens (primary N) is 1. The molecule has 2 unspecified atom stereocenters.